The van der Waals surface area contributed by atoms with Gasteiger partial charge in [-0.2, -0.15) is 0 Å². The van der Waals surface area contributed by atoms with Crippen molar-refractivity contribution in [3.63, 3.8) is 0 Å². The van der Waals surface area contributed by atoms with Gasteiger partial charge in [0.15, 0.2) is 0 Å². The molecular formula is C25H18FN3O. The molecule has 1 aliphatic heterocycles. The van der Waals surface area contributed by atoms with E-state index in [9.17, 15) is 9.18 Å². The molecule has 0 atom stereocenters. The first-order valence-corrected chi connectivity index (χ1v) is 9.77. The average Bonchev–Trinajstić information content (AvgIpc) is 2.79. The van der Waals surface area contributed by atoms with Crippen LogP contribution in [-0.2, 0) is 6.42 Å². The van der Waals surface area contributed by atoms with Crippen LogP contribution in [0.25, 0.3) is 10.9 Å². The van der Waals surface area contributed by atoms with E-state index >= 15 is 0 Å². The number of aromatic nitrogens is 1. The number of nitrogens with zero attached hydrogens (tertiary/aromatic N) is 2. The van der Waals surface area contributed by atoms with E-state index in [2.05, 4.69) is 15.3 Å². The van der Waals surface area contributed by atoms with Crippen LogP contribution in [0.3, 0.4) is 0 Å². The molecule has 146 valence electrons. The van der Waals surface area contributed by atoms with Crippen LogP contribution in [-0.4, -0.2) is 23.1 Å². The van der Waals surface area contributed by atoms with Crippen LogP contribution in [0.1, 0.15) is 27.0 Å². The van der Waals surface area contributed by atoms with Gasteiger partial charge in [0.1, 0.15) is 5.82 Å². The van der Waals surface area contributed by atoms with Crippen molar-refractivity contribution in [1.82, 2.24) is 4.98 Å². The lowest BCUT2D eigenvalue weighted by atomic mass is 9.93. The van der Waals surface area contributed by atoms with Crippen molar-refractivity contribution in [2.45, 2.75) is 6.42 Å². The van der Waals surface area contributed by atoms with Crippen LogP contribution in [0.2, 0.25) is 0 Å². The number of pyridine rings is 1. The van der Waals surface area contributed by atoms with Gasteiger partial charge in [-0.1, -0.05) is 24.3 Å². The lowest BCUT2D eigenvalue weighted by Gasteiger charge is -2.17. The highest BCUT2D eigenvalue weighted by atomic mass is 19.1. The van der Waals surface area contributed by atoms with Crippen LogP contribution in [0.15, 0.2) is 84.0 Å². The second-order valence-corrected chi connectivity index (χ2v) is 7.22. The van der Waals surface area contributed by atoms with Gasteiger partial charge < -0.3 is 5.32 Å². The Morgan fingerprint density at radius 3 is 2.70 bits per heavy atom. The molecule has 1 N–H and O–H groups in total. The lowest BCUT2D eigenvalue weighted by Crippen LogP contribution is -2.15. The topological polar surface area (TPSA) is 54.4 Å². The molecule has 5 heteroatoms. The second-order valence-electron chi connectivity index (χ2n) is 7.22. The quantitative estimate of drug-likeness (QED) is 0.530. The summed E-state index contributed by atoms with van der Waals surface area (Å²) in [5.41, 5.74) is 5.73. The monoisotopic (exact) mass is 395 g/mol. The van der Waals surface area contributed by atoms with E-state index in [1.165, 1.54) is 12.1 Å². The summed E-state index contributed by atoms with van der Waals surface area (Å²) in [5, 5.41) is 3.84. The first-order valence-electron chi connectivity index (χ1n) is 9.77. The first kappa shape index (κ1) is 18.2. The highest BCUT2D eigenvalue weighted by Gasteiger charge is 2.17. The number of hydrogen-bond donors (Lipinski definition) is 1. The van der Waals surface area contributed by atoms with Crippen molar-refractivity contribution in [2.24, 2.45) is 4.99 Å². The van der Waals surface area contributed by atoms with Crippen molar-refractivity contribution >= 4 is 28.2 Å². The number of amides is 1. The SMILES string of the molecule is O=C(Nc1ccc(C2=NCCc3ccc(F)cc32)cc1)c1ccc2ncccc2c1. The highest BCUT2D eigenvalue weighted by molar-refractivity contribution is 6.14. The van der Waals surface area contributed by atoms with Gasteiger partial charge in [0.05, 0.1) is 11.2 Å². The summed E-state index contributed by atoms with van der Waals surface area (Å²) in [6.07, 6.45) is 2.54. The standard InChI is InChI=1S/C25H18FN3O/c26-20-7-3-16-11-13-28-24(22(16)15-20)17-4-8-21(9-5-17)29-25(30)19-6-10-23-18(14-19)2-1-12-27-23/h1-10,12,14-15H,11,13H2,(H,29,30). The second kappa shape index (κ2) is 7.52. The Kier molecular flexibility index (Phi) is 4.56. The third-order valence-corrected chi connectivity index (χ3v) is 5.26. The van der Waals surface area contributed by atoms with Gasteiger partial charge in [-0.3, -0.25) is 14.8 Å². The Balaban J connectivity index is 1.37. The van der Waals surface area contributed by atoms with Gasteiger partial charge in [-0.15, -0.1) is 0 Å². The molecule has 30 heavy (non-hydrogen) atoms. The van der Waals surface area contributed by atoms with Crippen LogP contribution in [0.4, 0.5) is 10.1 Å². The van der Waals surface area contributed by atoms with E-state index in [1.807, 2.05) is 54.6 Å². The fourth-order valence-corrected chi connectivity index (χ4v) is 3.74. The van der Waals surface area contributed by atoms with E-state index in [0.717, 1.165) is 39.7 Å². The highest BCUT2D eigenvalue weighted by Crippen LogP contribution is 2.23. The van der Waals surface area contributed by atoms with E-state index in [-0.39, 0.29) is 11.7 Å². The molecule has 0 fully saturated rings. The molecule has 3 aromatic carbocycles. The third kappa shape index (κ3) is 3.46. The minimum Gasteiger partial charge on any atom is -0.322 e. The average molecular weight is 395 g/mol. The van der Waals surface area contributed by atoms with Gasteiger partial charge in [-0.05, 0) is 60.5 Å². The minimum atomic E-state index is -0.266. The molecule has 4 nitrogen and oxygen atoms in total. The molecule has 2 heterocycles. The molecule has 1 amide bonds. The van der Waals surface area contributed by atoms with Crippen LogP contribution < -0.4 is 5.32 Å². The Hall–Kier alpha value is -3.86. The van der Waals surface area contributed by atoms with E-state index < -0.39 is 0 Å². The van der Waals surface area contributed by atoms with E-state index in [0.29, 0.717) is 17.8 Å². The number of fused-ring (bicyclic) bond motifs is 2. The Morgan fingerprint density at radius 2 is 1.83 bits per heavy atom. The van der Waals surface area contributed by atoms with Gasteiger partial charge in [0.2, 0.25) is 0 Å². The maximum absolute atomic E-state index is 13.7. The first-order chi connectivity index (χ1) is 14.7. The summed E-state index contributed by atoms with van der Waals surface area (Å²) in [7, 11) is 0. The van der Waals surface area contributed by atoms with E-state index in [4.69, 9.17) is 0 Å². The zero-order valence-corrected chi connectivity index (χ0v) is 16.1. The smallest absolute Gasteiger partial charge is 0.255 e. The number of hydrogen-bond acceptors (Lipinski definition) is 3. The van der Waals surface area contributed by atoms with Crippen LogP contribution >= 0.6 is 0 Å². The fourth-order valence-electron chi connectivity index (χ4n) is 3.74. The summed E-state index contributed by atoms with van der Waals surface area (Å²) in [6, 6.07) is 21.5. The maximum atomic E-state index is 13.7. The van der Waals surface area contributed by atoms with Gasteiger partial charge in [0, 0.05) is 40.5 Å². The molecule has 0 aliphatic carbocycles. The predicted molar refractivity (Wildman–Crippen MR) is 117 cm³/mol. The number of halogens is 1. The number of rotatable bonds is 3. The molecular weight excluding hydrogens is 377 g/mol. The predicted octanol–water partition coefficient (Wildman–Crippen LogP) is 5.02. The van der Waals surface area contributed by atoms with Crippen LogP contribution in [0.5, 0.6) is 0 Å². The molecule has 0 radical (unpaired) electrons. The number of benzene rings is 3. The molecule has 0 saturated carbocycles. The zero-order chi connectivity index (χ0) is 20.5. The van der Waals surface area contributed by atoms with Gasteiger partial charge >= 0.3 is 0 Å². The normalized spacial score (nSPS) is 12.9. The van der Waals surface area contributed by atoms with Gasteiger partial charge in [-0.25, -0.2) is 4.39 Å². The summed E-state index contributed by atoms with van der Waals surface area (Å²) >= 11 is 0. The van der Waals surface area contributed by atoms with Crippen molar-refractivity contribution < 1.29 is 9.18 Å². The summed E-state index contributed by atoms with van der Waals surface area (Å²) in [5.74, 6) is -0.450. The third-order valence-electron chi connectivity index (χ3n) is 5.26. The lowest BCUT2D eigenvalue weighted by molar-refractivity contribution is 0.102. The van der Waals surface area contributed by atoms with Crippen molar-refractivity contribution in [3.05, 3.63) is 107 Å². The number of aliphatic imine (C=N–C) groups is 1. The summed E-state index contributed by atoms with van der Waals surface area (Å²) < 4.78 is 13.7. The number of carbonyl (C=O) groups excluding carboxylic acids is 1. The number of nitrogens with one attached hydrogen (secondary N) is 1. The van der Waals surface area contributed by atoms with Crippen molar-refractivity contribution in [1.29, 1.82) is 0 Å². The minimum absolute atomic E-state index is 0.184. The van der Waals surface area contributed by atoms with E-state index in [1.54, 1.807) is 12.3 Å². The van der Waals surface area contributed by atoms with Crippen molar-refractivity contribution in [3.8, 4) is 0 Å². The fraction of sp³-hybridized carbons (Fsp3) is 0.0800. The Morgan fingerprint density at radius 1 is 0.967 bits per heavy atom. The number of carbonyl (C=O) groups is 1. The largest absolute Gasteiger partial charge is 0.322 e. The molecule has 5 rings (SSSR count). The molecule has 1 aliphatic rings. The van der Waals surface area contributed by atoms with Crippen LogP contribution in [0, 0.1) is 5.82 Å². The Labute approximate surface area is 173 Å². The van der Waals surface area contributed by atoms with Crippen molar-refractivity contribution in [2.75, 3.05) is 11.9 Å². The maximum Gasteiger partial charge on any atom is 0.255 e. The molecule has 0 unspecified atom stereocenters. The Bertz CT molecular complexity index is 1300. The molecule has 0 bridgehead atoms. The summed E-state index contributed by atoms with van der Waals surface area (Å²) in [4.78, 5) is 21.5. The van der Waals surface area contributed by atoms with Gasteiger partial charge in [0.25, 0.3) is 5.91 Å². The molecule has 0 saturated heterocycles. The zero-order valence-electron chi connectivity index (χ0n) is 16.1. The molecule has 4 aromatic rings. The molecule has 0 spiro atoms. The number of anilines is 1. The summed E-state index contributed by atoms with van der Waals surface area (Å²) in [6.45, 7) is 0.684. The molecule has 1 aromatic heterocycles.